The van der Waals surface area contributed by atoms with Crippen molar-refractivity contribution in [3.8, 4) is 0 Å². The second-order valence-corrected chi connectivity index (χ2v) is 13.1. The number of carbonyl (C=O) groups is 1. The number of amides is 1. The maximum atomic E-state index is 14.7. The number of nitrogens with zero attached hydrogens (tertiary/aromatic N) is 3. The number of hydrogen-bond acceptors (Lipinski definition) is 7. The van der Waals surface area contributed by atoms with Gasteiger partial charge < -0.3 is 14.8 Å². The van der Waals surface area contributed by atoms with Crippen molar-refractivity contribution in [2.24, 2.45) is 5.92 Å². The number of fused-ring (bicyclic) bond motifs is 3. The molecule has 1 aliphatic carbocycles. The van der Waals surface area contributed by atoms with E-state index in [1.807, 2.05) is 0 Å². The normalized spacial score (nSPS) is 28.1. The van der Waals surface area contributed by atoms with Gasteiger partial charge in [-0.25, -0.2) is 22.0 Å². The number of aromatic nitrogens is 2. The molecule has 5 atom stereocenters. The molecule has 1 aromatic heterocycles. The highest BCUT2D eigenvalue weighted by Crippen LogP contribution is 2.44. The monoisotopic (exact) mass is 538 g/mol. The lowest BCUT2D eigenvalue weighted by molar-refractivity contribution is -0.0580. The Bertz CT molecular complexity index is 1310. The molecular weight excluding hydrogens is 506 g/mol. The lowest BCUT2D eigenvalue weighted by Crippen LogP contribution is -2.52. The van der Waals surface area contributed by atoms with Gasteiger partial charge in [-0.3, -0.25) is 4.90 Å². The summed E-state index contributed by atoms with van der Waals surface area (Å²) in [4.78, 5) is 14.9. The van der Waals surface area contributed by atoms with Crippen LogP contribution >= 0.6 is 0 Å². The van der Waals surface area contributed by atoms with Crippen LogP contribution in [0, 0.1) is 17.6 Å². The van der Waals surface area contributed by atoms with E-state index in [-0.39, 0.29) is 24.1 Å². The van der Waals surface area contributed by atoms with Crippen molar-refractivity contribution in [2.45, 2.75) is 63.3 Å². The van der Waals surface area contributed by atoms with Crippen molar-refractivity contribution in [3.05, 3.63) is 52.9 Å². The van der Waals surface area contributed by atoms with E-state index in [0.717, 1.165) is 46.3 Å². The fraction of sp³-hybridized carbons (Fsp3) is 0.600. The third-order valence-corrected chi connectivity index (χ3v) is 8.18. The van der Waals surface area contributed by atoms with Crippen LogP contribution in [0.1, 0.15) is 56.0 Å². The summed E-state index contributed by atoms with van der Waals surface area (Å²) in [6.45, 7) is 6.99. The van der Waals surface area contributed by atoms with Crippen LogP contribution in [0.15, 0.2) is 24.4 Å². The lowest BCUT2D eigenvalue weighted by Gasteiger charge is -2.40. The molecule has 2 aromatic rings. The molecule has 202 valence electrons. The summed E-state index contributed by atoms with van der Waals surface area (Å²) in [6, 6.07) is 2.48. The predicted octanol–water partition coefficient (Wildman–Crippen LogP) is 2.96. The number of ether oxygens (including phenoxy) is 2. The zero-order valence-electron chi connectivity index (χ0n) is 21.3. The Kier molecular flexibility index (Phi) is 6.56. The highest BCUT2D eigenvalue weighted by atomic mass is 32.2. The average Bonchev–Trinajstić information content (AvgIpc) is 3.44. The number of halogens is 2. The van der Waals surface area contributed by atoms with Gasteiger partial charge in [-0.2, -0.15) is 9.19 Å². The molecule has 1 N–H and O–H groups in total. The first kappa shape index (κ1) is 26.1. The maximum Gasteiger partial charge on any atom is 0.407 e. The summed E-state index contributed by atoms with van der Waals surface area (Å²) in [5.74, 6) is -0.730. The van der Waals surface area contributed by atoms with Crippen LogP contribution in [0.25, 0.3) is 0 Å². The van der Waals surface area contributed by atoms with Crippen LogP contribution in [0.3, 0.4) is 0 Å². The van der Waals surface area contributed by atoms with Crippen LogP contribution in [-0.2, 0) is 25.9 Å². The summed E-state index contributed by atoms with van der Waals surface area (Å²) in [6.07, 6.45) is 2.37. The largest absolute Gasteiger partial charge is 0.444 e. The van der Waals surface area contributed by atoms with Crippen LogP contribution in [0.2, 0.25) is 0 Å². The van der Waals surface area contributed by atoms with Gasteiger partial charge in [0.2, 0.25) is 0 Å². The molecule has 2 fully saturated rings. The van der Waals surface area contributed by atoms with Crippen molar-refractivity contribution >= 4 is 16.1 Å². The summed E-state index contributed by atoms with van der Waals surface area (Å²) in [5, 5.41) is 7.10. The van der Waals surface area contributed by atoms with Gasteiger partial charge in [0.05, 0.1) is 24.6 Å². The summed E-state index contributed by atoms with van der Waals surface area (Å²) < 4.78 is 65.1. The van der Waals surface area contributed by atoms with E-state index < -0.39 is 45.5 Å². The second-order valence-electron chi connectivity index (χ2n) is 11.3. The van der Waals surface area contributed by atoms with Gasteiger partial charge in [0, 0.05) is 36.8 Å². The van der Waals surface area contributed by atoms with E-state index in [9.17, 15) is 22.0 Å². The first-order valence-corrected chi connectivity index (χ1v) is 14.2. The number of carbonyl (C=O) groups excluding carboxylic acids is 1. The van der Waals surface area contributed by atoms with Gasteiger partial charge in [0.25, 0.3) is 10.0 Å². The van der Waals surface area contributed by atoms with Crippen molar-refractivity contribution in [2.75, 3.05) is 26.0 Å². The summed E-state index contributed by atoms with van der Waals surface area (Å²) >= 11 is 0. The molecule has 0 radical (unpaired) electrons. The van der Waals surface area contributed by atoms with Crippen molar-refractivity contribution in [3.63, 3.8) is 0 Å². The molecule has 5 rings (SSSR count). The number of hydrogen-bond donors (Lipinski definition) is 1. The fourth-order valence-electron chi connectivity index (χ4n) is 5.75. The highest BCUT2D eigenvalue weighted by Gasteiger charge is 2.46. The smallest absolute Gasteiger partial charge is 0.407 e. The zero-order chi connectivity index (χ0) is 26.7. The van der Waals surface area contributed by atoms with Crippen LogP contribution < -0.4 is 5.32 Å². The Labute approximate surface area is 215 Å². The molecule has 3 aliphatic rings. The Morgan fingerprint density at radius 1 is 1.22 bits per heavy atom. The number of likely N-dealkylation sites (tertiary alicyclic amines) is 1. The van der Waals surface area contributed by atoms with Crippen molar-refractivity contribution in [1.29, 1.82) is 0 Å². The molecule has 3 heterocycles. The fourth-order valence-corrected chi connectivity index (χ4v) is 6.30. The molecule has 0 spiro atoms. The van der Waals surface area contributed by atoms with Gasteiger partial charge >= 0.3 is 6.09 Å². The van der Waals surface area contributed by atoms with Gasteiger partial charge in [0.15, 0.2) is 0 Å². The van der Waals surface area contributed by atoms with Crippen LogP contribution in [0.5, 0.6) is 0 Å². The minimum absolute atomic E-state index is 0.0515. The van der Waals surface area contributed by atoms with E-state index in [1.54, 1.807) is 27.0 Å². The topological polar surface area (TPSA) is 103 Å². The molecule has 9 nitrogen and oxygen atoms in total. The number of benzene rings is 1. The lowest BCUT2D eigenvalue weighted by atomic mass is 9.92. The molecule has 0 bridgehead atoms. The van der Waals surface area contributed by atoms with E-state index in [4.69, 9.17) is 9.47 Å². The minimum Gasteiger partial charge on any atom is -0.444 e. The van der Waals surface area contributed by atoms with E-state index in [2.05, 4.69) is 15.3 Å². The zero-order valence-corrected chi connectivity index (χ0v) is 22.1. The molecule has 2 unspecified atom stereocenters. The standard InChI is InChI=1S/C25H32F2N4O5S/c1-25(2,3)36-24(32)28-22-9-16(13-35-23(22)17-8-15(26)5-6-20(17)27)30-10-14-7-21-19(18(14)11-30)12-31(29-21)37(4,33)34/h5-6,8,12,14,16,18,22-23H,7,9-11,13H2,1-4H3,(H,28,32)/t14?,16-,18?,22+,23-/m1/s1. The summed E-state index contributed by atoms with van der Waals surface area (Å²) in [7, 11) is -3.45. The molecule has 0 saturated carbocycles. The third kappa shape index (κ3) is 5.37. The SMILES string of the molecule is CC(C)(C)OC(=O)N[C@H]1C[C@@H](N2CC3Cc4nn(S(C)(=O)=O)cc4C3C2)CO[C@@H]1c1cc(F)ccc1F. The average molecular weight is 539 g/mol. The van der Waals surface area contributed by atoms with E-state index in [0.29, 0.717) is 25.3 Å². The Hall–Kier alpha value is -2.57. The maximum absolute atomic E-state index is 14.7. The van der Waals surface area contributed by atoms with Crippen LogP contribution in [0.4, 0.5) is 13.6 Å². The van der Waals surface area contributed by atoms with Crippen LogP contribution in [-0.4, -0.2) is 72.2 Å². The Morgan fingerprint density at radius 2 is 1.97 bits per heavy atom. The highest BCUT2D eigenvalue weighted by molar-refractivity contribution is 7.89. The molecule has 1 aromatic carbocycles. The van der Waals surface area contributed by atoms with E-state index in [1.165, 1.54) is 0 Å². The second kappa shape index (κ2) is 9.32. The van der Waals surface area contributed by atoms with Gasteiger partial charge in [0.1, 0.15) is 23.3 Å². The quantitative estimate of drug-likeness (QED) is 0.639. The van der Waals surface area contributed by atoms with Gasteiger partial charge in [-0.1, -0.05) is 0 Å². The Morgan fingerprint density at radius 3 is 2.68 bits per heavy atom. The third-order valence-electron chi connectivity index (χ3n) is 7.31. The number of rotatable bonds is 4. The summed E-state index contributed by atoms with van der Waals surface area (Å²) in [5.41, 5.74) is 1.11. The molecule has 12 heteroatoms. The van der Waals surface area contributed by atoms with Crippen molar-refractivity contribution in [1.82, 2.24) is 19.4 Å². The minimum atomic E-state index is -3.45. The molecule has 2 aliphatic heterocycles. The number of nitrogens with one attached hydrogen (secondary N) is 1. The first-order valence-electron chi connectivity index (χ1n) is 12.4. The Balaban J connectivity index is 1.34. The predicted molar refractivity (Wildman–Crippen MR) is 131 cm³/mol. The first-order chi connectivity index (χ1) is 17.3. The number of alkyl carbamates (subject to hydrolysis) is 1. The van der Waals surface area contributed by atoms with E-state index >= 15 is 0 Å². The van der Waals surface area contributed by atoms with Crippen molar-refractivity contribution < 1.29 is 31.5 Å². The molecular formula is C25H32F2N4O5S. The molecule has 37 heavy (non-hydrogen) atoms. The molecule has 2 saturated heterocycles. The molecule has 1 amide bonds. The van der Waals surface area contributed by atoms with Gasteiger partial charge in [-0.15, -0.1) is 0 Å². The van der Waals surface area contributed by atoms with Gasteiger partial charge in [-0.05, 0) is 63.3 Å².